The Kier molecular flexibility index (Phi) is 7.06. The van der Waals surface area contributed by atoms with Crippen LogP contribution < -0.4 is 0 Å². The van der Waals surface area contributed by atoms with Crippen LogP contribution in [-0.2, 0) is 4.79 Å². The van der Waals surface area contributed by atoms with Crippen LogP contribution in [0.5, 0.6) is 0 Å². The number of ketones is 1. The van der Waals surface area contributed by atoms with E-state index < -0.39 is 0 Å². The fourth-order valence-corrected chi connectivity index (χ4v) is 1.50. The van der Waals surface area contributed by atoms with Gasteiger partial charge in [0.25, 0.3) is 0 Å². The molecule has 0 aromatic carbocycles. The van der Waals surface area contributed by atoms with E-state index in [0.29, 0.717) is 0 Å². The fourth-order valence-electron chi connectivity index (χ4n) is 1.50. The van der Waals surface area contributed by atoms with E-state index in [4.69, 9.17) is 0 Å². The monoisotopic (exact) mass is 216 g/mol. The van der Waals surface area contributed by atoms with Gasteiger partial charge < -0.3 is 0 Å². The van der Waals surface area contributed by atoms with E-state index in [1.54, 1.807) is 12.2 Å². The highest BCUT2D eigenvalue weighted by atomic mass is 16.1. The van der Waals surface area contributed by atoms with E-state index in [0.717, 1.165) is 38.5 Å². The molecule has 0 N–H and O–H groups in total. The minimum atomic E-state index is 0.0998. The van der Waals surface area contributed by atoms with Gasteiger partial charge in [-0.1, -0.05) is 36.5 Å². The van der Waals surface area contributed by atoms with E-state index in [1.807, 2.05) is 12.2 Å². The van der Waals surface area contributed by atoms with Crippen LogP contribution in [0.3, 0.4) is 0 Å². The normalized spacial score (nSPS) is 25.4. The van der Waals surface area contributed by atoms with Crippen LogP contribution in [0.4, 0.5) is 0 Å². The predicted octanol–water partition coefficient (Wildman–Crippen LogP) is 4.13. The lowest BCUT2D eigenvalue weighted by molar-refractivity contribution is -0.110. The molecule has 0 unspecified atom stereocenters. The number of hydrogen-bond donors (Lipinski definition) is 0. The minimum absolute atomic E-state index is 0.0998. The van der Waals surface area contributed by atoms with Crippen LogP contribution in [0.1, 0.15) is 38.5 Å². The molecule has 0 atom stereocenters. The van der Waals surface area contributed by atoms with Gasteiger partial charge in [-0.2, -0.15) is 0 Å². The Morgan fingerprint density at radius 1 is 0.562 bits per heavy atom. The van der Waals surface area contributed by atoms with Gasteiger partial charge in [0.15, 0.2) is 5.78 Å². The van der Waals surface area contributed by atoms with Gasteiger partial charge in [-0.25, -0.2) is 0 Å². The van der Waals surface area contributed by atoms with E-state index in [1.165, 1.54) is 0 Å². The van der Waals surface area contributed by atoms with Crippen LogP contribution in [0.25, 0.3) is 0 Å². The van der Waals surface area contributed by atoms with Crippen LogP contribution in [0, 0.1) is 0 Å². The van der Waals surface area contributed by atoms with E-state index in [-0.39, 0.29) is 5.78 Å². The minimum Gasteiger partial charge on any atom is -0.290 e. The molecule has 0 amide bonds. The summed E-state index contributed by atoms with van der Waals surface area (Å²) < 4.78 is 0. The zero-order valence-corrected chi connectivity index (χ0v) is 9.77. The van der Waals surface area contributed by atoms with Crippen molar-refractivity contribution in [3.63, 3.8) is 0 Å². The second-order valence-corrected chi connectivity index (χ2v) is 3.88. The third-order valence-electron chi connectivity index (χ3n) is 2.40. The van der Waals surface area contributed by atoms with Crippen LogP contribution in [-0.4, -0.2) is 5.78 Å². The summed E-state index contributed by atoms with van der Waals surface area (Å²) in [4.78, 5) is 11.3. The van der Waals surface area contributed by atoms with Gasteiger partial charge in [-0.15, -0.1) is 0 Å². The Morgan fingerprint density at radius 2 is 0.875 bits per heavy atom. The second-order valence-electron chi connectivity index (χ2n) is 3.88. The van der Waals surface area contributed by atoms with Crippen LogP contribution in [0.15, 0.2) is 48.6 Å². The fraction of sp³-hybridized carbons (Fsp3) is 0.400. The maximum Gasteiger partial charge on any atom is 0.177 e. The first-order valence-electron chi connectivity index (χ1n) is 6.06. The number of carbonyl (C=O) groups is 1. The molecule has 0 aromatic rings. The van der Waals surface area contributed by atoms with Crippen molar-refractivity contribution in [1.29, 1.82) is 0 Å². The van der Waals surface area contributed by atoms with E-state index in [2.05, 4.69) is 24.3 Å². The van der Waals surface area contributed by atoms with Crippen molar-refractivity contribution in [1.82, 2.24) is 0 Å². The Bertz CT molecular complexity index is 275. The van der Waals surface area contributed by atoms with Crippen LogP contribution >= 0.6 is 0 Å². The highest BCUT2D eigenvalue weighted by Crippen LogP contribution is 2.01. The molecule has 1 aliphatic carbocycles. The van der Waals surface area contributed by atoms with Crippen molar-refractivity contribution in [2.24, 2.45) is 0 Å². The second kappa shape index (κ2) is 8.90. The first kappa shape index (κ1) is 12.7. The van der Waals surface area contributed by atoms with Crippen LogP contribution in [0.2, 0.25) is 0 Å². The molecule has 0 fully saturated rings. The Labute approximate surface area is 98.2 Å². The molecule has 86 valence electrons. The number of carbonyl (C=O) groups excluding carboxylic acids is 1. The molecule has 1 aliphatic rings. The van der Waals surface area contributed by atoms with Gasteiger partial charge in [0.1, 0.15) is 0 Å². The van der Waals surface area contributed by atoms with Crippen molar-refractivity contribution < 1.29 is 4.79 Å². The first-order valence-corrected chi connectivity index (χ1v) is 6.06. The van der Waals surface area contributed by atoms with E-state index in [9.17, 15) is 4.79 Å². The molecule has 0 radical (unpaired) electrons. The Balaban J connectivity index is 2.46. The molecule has 0 bridgehead atoms. The van der Waals surface area contributed by atoms with E-state index >= 15 is 0 Å². The average molecular weight is 216 g/mol. The molecule has 0 heterocycles. The van der Waals surface area contributed by atoms with Gasteiger partial charge in [0, 0.05) is 0 Å². The lowest BCUT2D eigenvalue weighted by atomic mass is 10.2. The molecule has 1 heteroatoms. The summed E-state index contributed by atoms with van der Waals surface area (Å²) in [6, 6.07) is 0. The summed E-state index contributed by atoms with van der Waals surface area (Å²) in [7, 11) is 0. The Hall–Kier alpha value is -1.37. The summed E-state index contributed by atoms with van der Waals surface area (Å²) in [5.41, 5.74) is 0. The largest absolute Gasteiger partial charge is 0.290 e. The third-order valence-corrected chi connectivity index (χ3v) is 2.40. The van der Waals surface area contributed by atoms with Gasteiger partial charge in [0.2, 0.25) is 0 Å². The number of allylic oxidation sites excluding steroid dienone is 8. The quantitative estimate of drug-likeness (QED) is 0.556. The zero-order chi connectivity index (χ0) is 11.5. The average Bonchev–Trinajstić information content (AvgIpc) is 2.29. The molecule has 0 spiro atoms. The highest BCUT2D eigenvalue weighted by Gasteiger charge is 1.88. The summed E-state index contributed by atoms with van der Waals surface area (Å²) in [5.74, 6) is 0.0998. The topological polar surface area (TPSA) is 17.1 Å². The summed E-state index contributed by atoms with van der Waals surface area (Å²) in [6.45, 7) is 0. The molecular formula is C15H20O. The summed E-state index contributed by atoms with van der Waals surface area (Å²) in [5, 5.41) is 0. The zero-order valence-electron chi connectivity index (χ0n) is 9.77. The maximum absolute atomic E-state index is 11.3. The van der Waals surface area contributed by atoms with Crippen molar-refractivity contribution in [3.8, 4) is 0 Å². The molecule has 0 saturated carbocycles. The molecular weight excluding hydrogens is 196 g/mol. The SMILES string of the molecule is O=C1C=CCC/C=C/CC/C=C\CC/C=C/1. The summed E-state index contributed by atoms with van der Waals surface area (Å²) in [6.07, 6.45) is 22.3. The van der Waals surface area contributed by atoms with Crippen molar-refractivity contribution in [2.45, 2.75) is 38.5 Å². The highest BCUT2D eigenvalue weighted by molar-refractivity contribution is 5.99. The van der Waals surface area contributed by atoms with Gasteiger partial charge >= 0.3 is 0 Å². The lowest BCUT2D eigenvalue weighted by Crippen LogP contribution is -1.84. The number of hydrogen-bond acceptors (Lipinski definition) is 1. The molecule has 1 rings (SSSR count). The van der Waals surface area contributed by atoms with Gasteiger partial charge in [0.05, 0.1) is 0 Å². The first-order chi connectivity index (χ1) is 7.89. The van der Waals surface area contributed by atoms with Crippen molar-refractivity contribution >= 4 is 5.78 Å². The molecule has 1 nitrogen and oxygen atoms in total. The summed E-state index contributed by atoms with van der Waals surface area (Å²) >= 11 is 0. The number of rotatable bonds is 0. The predicted molar refractivity (Wildman–Crippen MR) is 69.3 cm³/mol. The molecule has 0 aliphatic heterocycles. The molecule has 0 aromatic heterocycles. The van der Waals surface area contributed by atoms with Crippen molar-refractivity contribution in [3.05, 3.63) is 48.6 Å². The van der Waals surface area contributed by atoms with Gasteiger partial charge in [-0.05, 0) is 50.7 Å². The standard InChI is InChI=1S/C15H20O/c16-15-13-11-9-7-5-3-1-2-4-6-8-10-12-14-15/h3-6,11-14H,1-2,7-10H2/b5-3-,6-4+,13-11+,14-12?. The molecule has 16 heavy (non-hydrogen) atoms. The smallest absolute Gasteiger partial charge is 0.177 e. The lowest BCUT2D eigenvalue weighted by Gasteiger charge is -1.88. The molecule has 0 saturated heterocycles. The maximum atomic E-state index is 11.3. The van der Waals surface area contributed by atoms with Crippen molar-refractivity contribution in [2.75, 3.05) is 0 Å². The Morgan fingerprint density at radius 3 is 1.25 bits per heavy atom. The van der Waals surface area contributed by atoms with Gasteiger partial charge in [-0.3, -0.25) is 4.79 Å². The third kappa shape index (κ3) is 6.99.